The highest BCUT2D eigenvalue weighted by molar-refractivity contribution is 7.99. The second-order valence-electron chi connectivity index (χ2n) is 6.57. The summed E-state index contributed by atoms with van der Waals surface area (Å²) < 4.78 is 7.02. The zero-order valence-electron chi connectivity index (χ0n) is 17.6. The number of nitrogens with one attached hydrogen (secondary N) is 2. The molecule has 2 amide bonds. The van der Waals surface area contributed by atoms with Crippen molar-refractivity contribution in [3.05, 3.63) is 48.0 Å². The van der Waals surface area contributed by atoms with E-state index in [1.165, 1.54) is 11.8 Å². The van der Waals surface area contributed by atoms with Gasteiger partial charge in [-0.1, -0.05) is 18.7 Å². The Bertz CT molecular complexity index is 1050. The van der Waals surface area contributed by atoms with Gasteiger partial charge in [0.05, 0.1) is 18.0 Å². The zero-order valence-corrected chi connectivity index (χ0v) is 18.4. The topological polar surface area (TPSA) is 111 Å². The molecular formula is C21H24N6O3S. The van der Waals surface area contributed by atoms with Crippen molar-refractivity contribution >= 4 is 35.0 Å². The molecule has 0 bridgehead atoms. The minimum atomic E-state index is -0.184. The molecule has 0 unspecified atom stereocenters. The number of ether oxygens (including phenoxy) is 1. The van der Waals surface area contributed by atoms with Gasteiger partial charge in [-0.15, -0.1) is 5.10 Å². The van der Waals surface area contributed by atoms with Gasteiger partial charge in [-0.2, -0.15) is 4.68 Å². The Hall–Kier alpha value is -3.40. The lowest BCUT2D eigenvalue weighted by molar-refractivity contribution is -0.116. The van der Waals surface area contributed by atoms with Gasteiger partial charge in [0.1, 0.15) is 5.75 Å². The van der Waals surface area contributed by atoms with Gasteiger partial charge in [0.2, 0.25) is 17.0 Å². The lowest BCUT2D eigenvalue weighted by Crippen LogP contribution is -2.15. The molecule has 0 aliphatic heterocycles. The molecule has 1 aromatic heterocycles. The van der Waals surface area contributed by atoms with E-state index in [9.17, 15) is 9.59 Å². The molecule has 9 nitrogen and oxygen atoms in total. The minimum Gasteiger partial charge on any atom is -0.494 e. The van der Waals surface area contributed by atoms with E-state index in [-0.39, 0.29) is 17.6 Å². The monoisotopic (exact) mass is 440 g/mol. The number of amides is 2. The van der Waals surface area contributed by atoms with Crippen LogP contribution in [0.4, 0.5) is 11.4 Å². The number of hydrogen-bond acceptors (Lipinski definition) is 7. The van der Waals surface area contributed by atoms with Crippen LogP contribution in [0.15, 0.2) is 47.6 Å². The number of benzene rings is 2. The summed E-state index contributed by atoms with van der Waals surface area (Å²) in [6.45, 7) is 6.19. The van der Waals surface area contributed by atoms with Crippen LogP contribution in [0.2, 0.25) is 0 Å². The number of carbonyl (C=O) groups excluding carboxylic acids is 2. The van der Waals surface area contributed by atoms with E-state index in [2.05, 4.69) is 26.2 Å². The van der Waals surface area contributed by atoms with E-state index < -0.39 is 0 Å². The number of tetrazole rings is 1. The molecule has 3 aromatic rings. The predicted octanol–water partition coefficient (Wildman–Crippen LogP) is 3.45. The normalized spacial score (nSPS) is 10.5. The van der Waals surface area contributed by atoms with Crippen LogP contribution in [-0.4, -0.2) is 44.4 Å². The van der Waals surface area contributed by atoms with Crippen molar-refractivity contribution in [3.63, 3.8) is 0 Å². The number of nitrogens with zero attached hydrogens (tertiary/aromatic N) is 4. The maximum Gasteiger partial charge on any atom is 0.234 e. The fourth-order valence-electron chi connectivity index (χ4n) is 2.73. The Balaban J connectivity index is 1.59. The molecule has 3 rings (SSSR count). The predicted molar refractivity (Wildman–Crippen MR) is 120 cm³/mol. The molecule has 10 heteroatoms. The van der Waals surface area contributed by atoms with Crippen molar-refractivity contribution in [2.24, 2.45) is 0 Å². The largest absolute Gasteiger partial charge is 0.494 e. The molecule has 0 saturated carbocycles. The van der Waals surface area contributed by atoms with E-state index in [0.29, 0.717) is 23.9 Å². The summed E-state index contributed by atoms with van der Waals surface area (Å²) in [6.07, 6.45) is 0.408. The van der Waals surface area contributed by atoms with E-state index in [0.717, 1.165) is 22.7 Å². The fraction of sp³-hybridized carbons (Fsp3) is 0.286. The highest BCUT2D eigenvalue weighted by Gasteiger charge is 2.12. The highest BCUT2D eigenvalue weighted by Crippen LogP contribution is 2.22. The van der Waals surface area contributed by atoms with Gasteiger partial charge in [0.15, 0.2) is 0 Å². The number of aryl methyl sites for hydroxylation is 1. The third-order valence-electron chi connectivity index (χ3n) is 4.27. The molecule has 162 valence electrons. The fourth-order valence-corrected chi connectivity index (χ4v) is 3.42. The summed E-state index contributed by atoms with van der Waals surface area (Å²) >= 11 is 1.24. The van der Waals surface area contributed by atoms with E-state index in [4.69, 9.17) is 4.74 Å². The number of aromatic nitrogens is 4. The second kappa shape index (κ2) is 10.6. The summed E-state index contributed by atoms with van der Waals surface area (Å²) in [5.41, 5.74) is 3.03. The average Bonchev–Trinajstić information content (AvgIpc) is 3.23. The Morgan fingerprint density at radius 2 is 1.84 bits per heavy atom. The van der Waals surface area contributed by atoms with Gasteiger partial charge < -0.3 is 15.4 Å². The summed E-state index contributed by atoms with van der Waals surface area (Å²) in [5, 5.41) is 17.9. The van der Waals surface area contributed by atoms with Crippen molar-refractivity contribution in [1.29, 1.82) is 0 Å². The van der Waals surface area contributed by atoms with Gasteiger partial charge in [-0.3, -0.25) is 9.59 Å². The Kier molecular flexibility index (Phi) is 7.60. The van der Waals surface area contributed by atoms with Gasteiger partial charge >= 0.3 is 0 Å². The van der Waals surface area contributed by atoms with E-state index in [1.54, 1.807) is 23.7 Å². The van der Waals surface area contributed by atoms with Crippen molar-refractivity contribution in [2.75, 3.05) is 23.0 Å². The molecular weight excluding hydrogens is 416 g/mol. The zero-order chi connectivity index (χ0) is 22.2. The van der Waals surface area contributed by atoms with Crippen LogP contribution in [0.5, 0.6) is 5.75 Å². The van der Waals surface area contributed by atoms with Crippen molar-refractivity contribution in [2.45, 2.75) is 32.3 Å². The smallest absolute Gasteiger partial charge is 0.234 e. The SMILES string of the molecule is CCOc1ccc(-n2nnnc2SCC(=O)Nc2ccc(NC(=O)CC)c(C)c2)cc1. The lowest BCUT2D eigenvalue weighted by atomic mass is 10.1. The standard InChI is InChI=1S/C21H24N6O3S/c1-4-19(28)23-18-11-6-15(12-14(18)3)22-20(29)13-31-21-24-25-26-27(21)16-7-9-17(10-8-16)30-5-2/h6-12H,4-5,13H2,1-3H3,(H,22,29)(H,23,28). The van der Waals surface area contributed by atoms with Gasteiger partial charge in [0.25, 0.3) is 0 Å². The molecule has 0 spiro atoms. The van der Waals surface area contributed by atoms with Crippen LogP contribution < -0.4 is 15.4 Å². The molecule has 1 heterocycles. The number of anilines is 2. The summed E-state index contributed by atoms with van der Waals surface area (Å²) in [7, 11) is 0. The molecule has 0 atom stereocenters. The molecule has 0 radical (unpaired) electrons. The average molecular weight is 441 g/mol. The molecule has 0 aliphatic rings. The number of hydrogen-bond donors (Lipinski definition) is 2. The lowest BCUT2D eigenvalue weighted by Gasteiger charge is -2.11. The third-order valence-corrected chi connectivity index (χ3v) is 5.19. The second-order valence-corrected chi connectivity index (χ2v) is 7.51. The van der Waals surface area contributed by atoms with Crippen LogP contribution in [0.1, 0.15) is 25.8 Å². The molecule has 2 N–H and O–H groups in total. The van der Waals surface area contributed by atoms with E-state index >= 15 is 0 Å². The molecule has 0 saturated heterocycles. The highest BCUT2D eigenvalue weighted by atomic mass is 32.2. The maximum atomic E-state index is 12.4. The minimum absolute atomic E-state index is 0.0541. The quantitative estimate of drug-likeness (QED) is 0.490. The first-order valence-corrected chi connectivity index (χ1v) is 10.8. The number of rotatable bonds is 9. The molecule has 0 aliphatic carbocycles. The van der Waals surface area contributed by atoms with Crippen molar-refractivity contribution in [1.82, 2.24) is 20.2 Å². The van der Waals surface area contributed by atoms with Crippen LogP contribution >= 0.6 is 11.8 Å². The van der Waals surface area contributed by atoms with Gasteiger partial charge in [0, 0.05) is 17.8 Å². The Morgan fingerprint density at radius 1 is 1.06 bits per heavy atom. The molecule has 2 aromatic carbocycles. The van der Waals surface area contributed by atoms with Crippen LogP contribution in [0, 0.1) is 6.92 Å². The van der Waals surface area contributed by atoms with Gasteiger partial charge in [-0.05, 0) is 72.3 Å². The third kappa shape index (κ3) is 6.05. The van der Waals surface area contributed by atoms with E-state index in [1.807, 2.05) is 44.2 Å². The molecule has 31 heavy (non-hydrogen) atoms. The van der Waals surface area contributed by atoms with Crippen molar-refractivity contribution in [3.8, 4) is 11.4 Å². The Morgan fingerprint density at radius 3 is 2.52 bits per heavy atom. The first-order chi connectivity index (χ1) is 15.0. The van der Waals surface area contributed by atoms with Crippen molar-refractivity contribution < 1.29 is 14.3 Å². The number of carbonyl (C=O) groups is 2. The summed E-state index contributed by atoms with van der Waals surface area (Å²) in [6, 6.07) is 12.7. The molecule has 0 fully saturated rings. The van der Waals surface area contributed by atoms with Crippen LogP contribution in [0.3, 0.4) is 0 Å². The summed E-state index contributed by atoms with van der Waals surface area (Å²) in [4.78, 5) is 24.0. The van der Waals surface area contributed by atoms with Crippen LogP contribution in [0.25, 0.3) is 5.69 Å². The Labute approximate surface area is 184 Å². The summed E-state index contributed by atoms with van der Waals surface area (Å²) in [5.74, 6) is 0.672. The number of thioether (sulfide) groups is 1. The first-order valence-electron chi connectivity index (χ1n) is 9.85. The maximum absolute atomic E-state index is 12.4. The van der Waals surface area contributed by atoms with Crippen LogP contribution in [-0.2, 0) is 9.59 Å². The first kappa shape index (κ1) is 22.3. The van der Waals surface area contributed by atoms with Gasteiger partial charge in [-0.25, -0.2) is 0 Å².